The molecule has 4 nitrogen and oxygen atoms in total. The van der Waals surface area contributed by atoms with Crippen LogP contribution in [-0.4, -0.2) is 20.2 Å². The molecule has 5 heteroatoms. The molecular weight excluding hydrogens is 275 g/mol. The Morgan fingerprint density at radius 1 is 0.800 bits per heavy atom. The smallest absolute Gasteiger partial charge is 0.357 e. The Labute approximate surface area is 117 Å². The van der Waals surface area contributed by atoms with E-state index in [4.69, 9.17) is 0 Å². The summed E-state index contributed by atoms with van der Waals surface area (Å²) in [7, 11) is -4.66. The van der Waals surface area contributed by atoms with Crippen molar-refractivity contribution >= 4 is 7.60 Å². The number of rotatable bonds is 5. The van der Waals surface area contributed by atoms with E-state index in [1.807, 2.05) is 12.1 Å². The van der Waals surface area contributed by atoms with Gasteiger partial charge in [0.05, 0.1) is 0 Å². The van der Waals surface area contributed by atoms with Crippen molar-refractivity contribution in [3.63, 3.8) is 0 Å². The van der Waals surface area contributed by atoms with Gasteiger partial charge in [-0.1, -0.05) is 60.7 Å². The molecule has 20 heavy (non-hydrogen) atoms. The van der Waals surface area contributed by atoms with Crippen LogP contribution in [0.25, 0.3) is 0 Å². The average molecular weight is 292 g/mol. The molecule has 0 fully saturated rings. The lowest BCUT2D eigenvalue weighted by atomic mass is 10.0. The first-order chi connectivity index (χ1) is 9.41. The first kappa shape index (κ1) is 14.9. The van der Waals surface area contributed by atoms with Crippen LogP contribution in [0.3, 0.4) is 0 Å². The van der Waals surface area contributed by atoms with E-state index in [2.05, 4.69) is 0 Å². The maximum absolute atomic E-state index is 11.7. The predicted molar refractivity (Wildman–Crippen MR) is 77.3 cm³/mol. The number of aliphatic hydroxyl groups is 1. The molecule has 2 aromatic rings. The second kappa shape index (κ2) is 5.90. The van der Waals surface area contributed by atoms with Gasteiger partial charge in [0.1, 0.15) is 0 Å². The molecule has 0 unspecified atom stereocenters. The van der Waals surface area contributed by atoms with Gasteiger partial charge >= 0.3 is 7.60 Å². The first-order valence-corrected chi connectivity index (χ1v) is 7.88. The van der Waals surface area contributed by atoms with Crippen LogP contribution in [0.5, 0.6) is 0 Å². The monoisotopic (exact) mass is 292 g/mol. The van der Waals surface area contributed by atoms with Crippen molar-refractivity contribution in [2.75, 3.05) is 0 Å². The first-order valence-electron chi connectivity index (χ1n) is 6.27. The van der Waals surface area contributed by atoms with Gasteiger partial charge in [0.15, 0.2) is 5.34 Å². The lowest BCUT2D eigenvalue weighted by Crippen LogP contribution is -2.34. The van der Waals surface area contributed by atoms with Crippen molar-refractivity contribution in [1.82, 2.24) is 0 Å². The van der Waals surface area contributed by atoms with Crippen LogP contribution in [-0.2, 0) is 17.4 Å². The van der Waals surface area contributed by atoms with Crippen LogP contribution in [0.4, 0.5) is 0 Å². The molecule has 2 rings (SSSR count). The van der Waals surface area contributed by atoms with Gasteiger partial charge in [0, 0.05) is 12.8 Å². The lowest BCUT2D eigenvalue weighted by molar-refractivity contribution is 0.0912. The van der Waals surface area contributed by atoms with E-state index in [-0.39, 0.29) is 12.8 Å². The summed E-state index contributed by atoms with van der Waals surface area (Å²) in [6, 6.07) is 17.7. The second-order valence-electron chi connectivity index (χ2n) is 4.85. The van der Waals surface area contributed by atoms with E-state index < -0.39 is 12.9 Å². The highest BCUT2D eigenvalue weighted by Gasteiger charge is 2.45. The fourth-order valence-corrected chi connectivity index (χ4v) is 2.89. The van der Waals surface area contributed by atoms with Crippen molar-refractivity contribution in [3.8, 4) is 0 Å². The molecule has 106 valence electrons. The summed E-state index contributed by atoms with van der Waals surface area (Å²) in [6.07, 6.45) is -0.181. The van der Waals surface area contributed by atoms with Crippen LogP contribution in [0.1, 0.15) is 11.1 Å². The molecule has 0 radical (unpaired) electrons. The Morgan fingerprint density at radius 2 is 1.15 bits per heavy atom. The van der Waals surface area contributed by atoms with Crippen LogP contribution in [0.15, 0.2) is 60.7 Å². The minimum Gasteiger partial charge on any atom is -0.377 e. The normalized spacial score (nSPS) is 12.3. The molecule has 3 N–H and O–H groups in total. The molecule has 0 aromatic heterocycles. The number of hydrogen-bond acceptors (Lipinski definition) is 2. The van der Waals surface area contributed by atoms with Gasteiger partial charge in [-0.15, -0.1) is 0 Å². The topological polar surface area (TPSA) is 77.8 Å². The molecule has 0 spiro atoms. The molecule has 0 heterocycles. The fourth-order valence-electron chi connectivity index (χ4n) is 2.11. The zero-order valence-electron chi connectivity index (χ0n) is 10.9. The molecule has 0 aliphatic heterocycles. The summed E-state index contributed by atoms with van der Waals surface area (Å²) in [5.41, 5.74) is 1.38. The molecular formula is C15H17O4P. The van der Waals surface area contributed by atoms with Crippen molar-refractivity contribution in [2.24, 2.45) is 0 Å². The third-order valence-electron chi connectivity index (χ3n) is 3.20. The Hall–Kier alpha value is -1.45. The quantitative estimate of drug-likeness (QED) is 0.739. The van der Waals surface area contributed by atoms with E-state index in [1.165, 1.54) is 0 Å². The summed E-state index contributed by atoms with van der Waals surface area (Å²) in [6.45, 7) is 0. The van der Waals surface area contributed by atoms with Gasteiger partial charge in [-0.2, -0.15) is 0 Å². The molecule has 0 aliphatic carbocycles. The van der Waals surface area contributed by atoms with Gasteiger partial charge in [0.25, 0.3) is 0 Å². The van der Waals surface area contributed by atoms with Crippen molar-refractivity contribution < 1.29 is 19.5 Å². The Kier molecular flexibility index (Phi) is 4.41. The summed E-state index contributed by atoms with van der Waals surface area (Å²) in [5, 5.41) is 8.40. The van der Waals surface area contributed by atoms with E-state index in [9.17, 15) is 19.5 Å². The maximum Gasteiger partial charge on any atom is 0.357 e. The minimum absolute atomic E-state index is 0.0903. The third-order valence-corrected chi connectivity index (χ3v) is 4.60. The number of benzene rings is 2. The SMILES string of the molecule is O=P(O)(O)C(O)(Cc1ccccc1)Cc1ccccc1. The maximum atomic E-state index is 11.7. The summed E-state index contributed by atoms with van der Waals surface area (Å²) in [5.74, 6) is 0. The summed E-state index contributed by atoms with van der Waals surface area (Å²) < 4.78 is 11.7. The molecule has 0 aliphatic rings. The molecule has 0 saturated carbocycles. The molecule has 0 bridgehead atoms. The van der Waals surface area contributed by atoms with Crippen LogP contribution < -0.4 is 0 Å². The summed E-state index contributed by atoms with van der Waals surface area (Å²) >= 11 is 0. The number of hydrogen-bond donors (Lipinski definition) is 3. The highest BCUT2D eigenvalue weighted by atomic mass is 31.2. The van der Waals surface area contributed by atoms with Gasteiger partial charge < -0.3 is 14.9 Å². The van der Waals surface area contributed by atoms with E-state index in [0.29, 0.717) is 11.1 Å². The van der Waals surface area contributed by atoms with Crippen LogP contribution in [0.2, 0.25) is 0 Å². The van der Waals surface area contributed by atoms with Crippen LogP contribution in [0, 0.1) is 0 Å². The van der Waals surface area contributed by atoms with Gasteiger partial charge in [0.2, 0.25) is 0 Å². The molecule has 0 atom stereocenters. The van der Waals surface area contributed by atoms with Gasteiger partial charge in [-0.25, -0.2) is 0 Å². The second-order valence-corrected chi connectivity index (χ2v) is 6.77. The highest BCUT2D eigenvalue weighted by Crippen LogP contribution is 2.52. The van der Waals surface area contributed by atoms with Gasteiger partial charge in [-0.05, 0) is 11.1 Å². The predicted octanol–water partition coefficient (Wildman–Crippen LogP) is 2.34. The Morgan fingerprint density at radius 3 is 1.45 bits per heavy atom. The summed E-state index contributed by atoms with van der Waals surface area (Å²) in [4.78, 5) is 19.0. The molecule has 0 saturated heterocycles. The standard InChI is InChI=1S/C15H17O4P/c16-15(20(17,18)19,11-13-7-3-1-4-8-13)12-14-9-5-2-6-10-14/h1-10,16H,11-12H2,(H2,17,18,19). The van der Waals surface area contributed by atoms with E-state index >= 15 is 0 Å². The van der Waals surface area contributed by atoms with Gasteiger partial charge in [-0.3, -0.25) is 4.57 Å². The largest absolute Gasteiger partial charge is 0.377 e. The average Bonchev–Trinajstić information content (AvgIpc) is 2.39. The molecule has 2 aromatic carbocycles. The minimum atomic E-state index is -4.66. The third kappa shape index (κ3) is 3.56. The van der Waals surface area contributed by atoms with E-state index in [0.717, 1.165) is 0 Å². The van der Waals surface area contributed by atoms with Crippen molar-refractivity contribution in [2.45, 2.75) is 18.2 Å². The Balaban J connectivity index is 2.29. The highest BCUT2D eigenvalue weighted by molar-refractivity contribution is 7.53. The van der Waals surface area contributed by atoms with E-state index in [1.54, 1.807) is 48.5 Å². The fraction of sp³-hybridized carbons (Fsp3) is 0.200. The van der Waals surface area contributed by atoms with Crippen molar-refractivity contribution in [3.05, 3.63) is 71.8 Å². The van der Waals surface area contributed by atoms with Crippen molar-refractivity contribution in [1.29, 1.82) is 0 Å². The zero-order chi connectivity index (χ0) is 14.6. The Bertz CT molecular complexity index is 550. The van der Waals surface area contributed by atoms with Crippen LogP contribution >= 0.6 is 7.60 Å². The zero-order valence-corrected chi connectivity index (χ0v) is 11.8. The molecule has 0 amide bonds. The lowest BCUT2D eigenvalue weighted by Gasteiger charge is -2.29.